The Morgan fingerprint density at radius 3 is 1.54 bits per heavy atom. The Kier molecular flexibility index (Phi) is 22.8. The number of nitrogens with one attached hydrogen (secondary N) is 1. The molecule has 0 aromatic carbocycles. The maximum Gasteiger partial charge on any atom is 0.217 e. The number of carbonyl (C=O) groups is 1. The quantitative estimate of drug-likeness (QED) is 0.0337. The summed E-state index contributed by atoms with van der Waals surface area (Å²) >= 11 is 0. The monoisotopic (exact) mass is 827 g/mol. The number of aliphatic hydroxyl groups excluding tert-OH is 11. The molecule has 0 radical (unpaired) electrons. The summed E-state index contributed by atoms with van der Waals surface area (Å²) in [6.07, 6.45) is -9.24. The zero-order chi connectivity index (χ0) is 42.1. The van der Waals surface area contributed by atoms with Crippen molar-refractivity contribution >= 4 is 5.91 Å². The summed E-state index contributed by atoms with van der Waals surface area (Å²) in [5, 5.41) is 117. The number of hydrogen-bond acceptors (Lipinski definition) is 18. The molecule has 3 saturated heterocycles. The van der Waals surface area contributed by atoms with Crippen molar-refractivity contribution in [3.8, 4) is 0 Å². The van der Waals surface area contributed by atoms with E-state index >= 15 is 0 Å². The minimum absolute atomic E-state index is 0.369. The lowest BCUT2D eigenvalue weighted by Gasteiger charge is -2.48. The zero-order valence-corrected chi connectivity index (χ0v) is 33.1. The van der Waals surface area contributed by atoms with Gasteiger partial charge in [0.2, 0.25) is 5.91 Å². The van der Waals surface area contributed by atoms with Gasteiger partial charge in [0.1, 0.15) is 73.2 Å². The Morgan fingerprint density at radius 2 is 1.05 bits per heavy atom. The van der Waals surface area contributed by atoms with Gasteiger partial charge in [-0.2, -0.15) is 0 Å². The number of allylic oxidation sites excluding steroid dienone is 1. The predicted molar refractivity (Wildman–Crippen MR) is 199 cm³/mol. The van der Waals surface area contributed by atoms with Crippen molar-refractivity contribution in [3.05, 3.63) is 12.2 Å². The molecule has 3 aliphatic heterocycles. The van der Waals surface area contributed by atoms with Crippen molar-refractivity contribution in [3.63, 3.8) is 0 Å². The van der Waals surface area contributed by atoms with Crippen LogP contribution in [0.15, 0.2) is 12.2 Å². The standard InChI is InChI=1S/C38H69NO18/c1-3-4-5-6-7-8-9-10-11-12-13-14-15-16-23(44)22(39-21(2)43)20-52-36-32(50)29(47)34(25(18-41)54-36)57-38-33(51)30(48)35(26(19-42)55-38)56-37-31(49)28(46)27(45)24(17-40)53-37/h15-16,22-38,40-42,44-51H,3-14,17-20H2,1-2H3,(H,39,43)/b16-15+. The van der Waals surface area contributed by atoms with Crippen LogP contribution in [0.5, 0.6) is 0 Å². The summed E-state index contributed by atoms with van der Waals surface area (Å²) in [5.74, 6) is -0.455. The Labute approximate surface area is 334 Å². The maximum absolute atomic E-state index is 11.9. The third-order valence-corrected chi connectivity index (χ3v) is 10.6. The third-order valence-electron chi connectivity index (χ3n) is 10.6. The van der Waals surface area contributed by atoms with Crippen molar-refractivity contribution in [2.75, 3.05) is 26.4 Å². The van der Waals surface area contributed by atoms with E-state index in [-0.39, 0.29) is 6.61 Å². The van der Waals surface area contributed by atoms with Crippen LogP contribution in [0.3, 0.4) is 0 Å². The normalized spacial score (nSPS) is 37.3. The van der Waals surface area contributed by atoms with Gasteiger partial charge in [-0.25, -0.2) is 0 Å². The number of unbranched alkanes of at least 4 members (excludes halogenated alkanes) is 11. The van der Waals surface area contributed by atoms with Crippen LogP contribution in [-0.2, 0) is 33.2 Å². The Hall–Kier alpha value is -1.47. The molecule has 3 fully saturated rings. The highest BCUT2D eigenvalue weighted by Crippen LogP contribution is 2.32. The molecule has 17 unspecified atom stereocenters. The van der Waals surface area contributed by atoms with Gasteiger partial charge in [-0.05, 0) is 12.8 Å². The molecule has 0 aromatic heterocycles. The second-order valence-corrected chi connectivity index (χ2v) is 15.2. The fourth-order valence-electron chi connectivity index (χ4n) is 7.16. The largest absolute Gasteiger partial charge is 0.394 e. The van der Waals surface area contributed by atoms with Crippen LogP contribution in [-0.4, -0.2) is 193 Å². The Bertz CT molecular complexity index is 1130. The summed E-state index contributed by atoms with van der Waals surface area (Å²) < 4.78 is 33.5. The van der Waals surface area contributed by atoms with Crippen LogP contribution in [0.2, 0.25) is 0 Å². The van der Waals surface area contributed by atoms with Gasteiger partial charge in [0.25, 0.3) is 0 Å². The minimum atomic E-state index is -1.97. The number of aliphatic hydroxyl groups is 11. The Morgan fingerprint density at radius 1 is 0.614 bits per heavy atom. The molecule has 0 bridgehead atoms. The molecule has 0 saturated carbocycles. The van der Waals surface area contributed by atoms with Gasteiger partial charge in [0, 0.05) is 6.92 Å². The summed E-state index contributed by atoms with van der Waals surface area (Å²) in [6.45, 7) is 0.690. The number of amides is 1. The molecule has 0 aliphatic carbocycles. The Balaban J connectivity index is 1.51. The third kappa shape index (κ3) is 14.9. The first-order valence-electron chi connectivity index (χ1n) is 20.4. The predicted octanol–water partition coefficient (Wildman–Crippen LogP) is -2.43. The first kappa shape index (κ1) is 49.9. The van der Waals surface area contributed by atoms with Crippen molar-refractivity contribution in [1.29, 1.82) is 0 Å². The lowest BCUT2D eigenvalue weighted by molar-refractivity contribution is -0.379. The average Bonchev–Trinajstić information content (AvgIpc) is 3.19. The smallest absolute Gasteiger partial charge is 0.217 e. The van der Waals surface area contributed by atoms with Gasteiger partial charge < -0.3 is 89.9 Å². The van der Waals surface area contributed by atoms with Crippen molar-refractivity contribution in [1.82, 2.24) is 5.32 Å². The highest BCUT2D eigenvalue weighted by Gasteiger charge is 2.53. The van der Waals surface area contributed by atoms with Gasteiger partial charge in [-0.15, -0.1) is 0 Å². The van der Waals surface area contributed by atoms with E-state index < -0.39 is 130 Å². The van der Waals surface area contributed by atoms with Crippen LogP contribution in [0, 0.1) is 0 Å². The molecule has 12 N–H and O–H groups in total. The first-order valence-corrected chi connectivity index (χ1v) is 20.4. The molecule has 3 aliphatic rings. The summed E-state index contributed by atoms with van der Waals surface area (Å²) in [4.78, 5) is 11.9. The van der Waals surface area contributed by atoms with E-state index in [1.165, 1.54) is 58.3 Å². The molecular weight excluding hydrogens is 758 g/mol. The van der Waals surface area contributed by atoms with E-state index in [1.807, 2.05) is 6.08 Å². The molecular formula is C38H69NO18. The van der Waals surface area contributed by atoms with Gasteiger partial charge in [0.15, 0.2) is 18.9 Å². The van der Waals surface area contributed by atoms with Crippen LogP contribution in [0.4, 0.5) is 0 Å². The summed E-state index contributed by atoms with van der Waals surface area (Å²) in [7, 11) is 0. The molecule has 19 heteroatoms. The lowest BCUT2D eigenvalue weighted by Crippen LogP contribution is -2.66. The molecule has 57 heavy (non-hydrogen) atoms. The molecule has 19 nitrogen and oxygen atoms in total. The number of hydrogen-bond donors (Lipinski definition) is 12. The van der Waals surface area contributed by atoms with E-state index in [4.69, 9.17) is 28.4 Å². The summed E-state index contributed by atoms with van der Waals surface area (Å²) in [5.41, 5.74) is 0. The minimum Gasteiger partial charge on any atom is -0.394 e. The fraction of sp³-hybridized carbons (Fsp3) is 0.921. The average molecular weight is 828 g/mol. The second kappa shape index (κ2) is 26.0. The summed E-state index contributed by atoms with van der Waals surface area (Å²) in [6, 6.07) is -0.966. The number of carbonyl (C=O) groups excluding carboxylic acids is 1. The van der Waals surface area contributed by atoms with Crippen molar-refractivity contribution in [2.24, 2.45) is 0 Å². The van der Waals surface area contributed by atoms with Gasteiger partial charge in [-0.1, -0.05) is 83.3 Å². The van der Waals surface area contributed by atoms with Gasteiger partial charge >= 0.3 is 0 Å². The molecule has 17 atom stereocenters. The highest BCUT2D eigenvalue weighted by molar-refractivity contribution is 5.73. The van der Waals surface area contributed by atoms with Crippen LogP contribution in [0.1, 0.15) is 90.9 Å². The SMILES string of the molecule is CCCCCCCCCCCCC/C=C/C(O)C(COC1OC(CO)C(OC2OC(CO)C(OC3OC(CO)C(O)C(O)C3O)C(O)C2O)C(O)C1O)NC(C)=O. The second-order valence-electron chi connectivity index (χ2n) is 15.2. The van der Waals surface area contributed by atoms with E-state index in [0.717, 1.165) is 25.7 Å². The van der Waals surface area contributed by atoms with E-state index in [0.29, 0.717) is 0 Å². The fourth-order valence-corrected chi connectivity index (χ4v) is 7.16. The first-order chi connectivity index (χ1) is 27.3. The van der Waals surface area contributed by atoms with Crippen LogP contribution in [0.25, 0.3) is 0 Å². The van der Waals surface area contributed by atoms with Gasteiger partial charge in [0.05, 0.1) is 38.6 Å². The molecule has 0 spiro atoms. The number of rotatable bonds is 25. The van der Waals surface area contributed by atoms with E-state index in [1.54, 1.807) is 6.08 Å². The van der Waals surface area contributed by atoms with E-state index in [9.17, 15) is 61.0 Å². The topological polar surface area (TPSA) is 307 Å². The van der Waals surface area contributed by atoms with E-state index in [2.05, 4.69) is 12.2 Å². The van der Waals surface area contributed by atoms with Crippen LogP contribution >= 0.6 is 0 Å². The maximum atomic E-state index is 11.9. The van der Waals surface area contributed by atoms with Crippen molar-refractivity contribution < 1.29 is 89.4 Å². The number of ether oxygens (including phenoxy) is 6. The zero-order valence-electron chi connectivity index (χ0n) is 33.1. The van der Waals surface area contributed by atoms with Crippen LogP contribution < -0.4 is 5.32 Å². The molecule has 3 rings (SSSR count). The van der Waals surface area contributed by atoms with Crippen molar-refractivity contribution in [2.45, 2.75) is 195 Å². The molecule has 1 amide bonds. The lowest BCUT2D eigenvalue weighted by atomic mass is 9.96. The molecule has 334 valence electrons. The molecule has 3 heterocycles. The van der Waals surface area contributed by atoms with Gasteiger partial charge in [-0.3, -0.25) is 4.79 Å². The molecule has 0 aromatic rings. The highest BCUT2D eigenvalue weighted by atomic mass is 16.8.